The van der Waals surface area contributed by atoms with Gasteiger partial charge in [-0.2, -0.15) is 5.26 Å². The van der Waals surface area contributed by atoms with Crippen LogP contribution in [-0.2, 0) is 0 Å². The van der Waals surface area contributed by atoms with Crippen molar-refractivity contribution in [3.8, 4) is 16.8 Å². The Bertz CT molecular complexity index is 1020. The number of thiazole rings is 1. The van der Waals surface area contributed by atoms with Gasteiger partial charge in [0.2, 0.25) is 0 Å². The number of nitrogens with two attached hydrogens (primary N) is 1. The minimum absolute atomic E-state index is 0.216. The summed E-state index contributed by atoms with van der Waals surface area (Å²) in [5.41, 5.74) is 7.99. The molecule has 1 aliphatic carbocycles. The molecule has 2 unspecified atom stereocenters. The summed E-state index contributed by atoms with van der Waals surface area (Å²) in [6, 6.07) is 4.35. The first-order chi connectivity index (χ1) is 14.1. The summed E-state index contributed by atoms with van der Waals surface area (Å²) in [4.78, 5) is 13.8. The molecule has 0 amide bonds. The van der Waals surface area contributed by atoms with E-state index in [-0.39, 0.29) is 17.8 Å². The Hall–Kier alpha value is -3.16. The van der Waals surface area contributed by atoms with Crippen molar-refractivity contribution in [3.63, 3.8) is 0 Å². The number of hydrogen-bond donors (Lipinski definition) is 3. The Labute approximate surface area is 172 Å². The molecule has 148 valence electrons. The SMILES string of the molecule is Cc1cnc(-c2nnc(Nc3cnc(C#N)cn3)cc2NC2CCCC(N)C2)s1. The number of nitrogens with one attached hydrogen (secondary N) is 2. The van der Waals surface area contributed by atoms with E-state index in [2.05, 4.69) is 35.8 Å². The normalized spacial score (nSPS) is 18.8. The number of nitrogens with zero attached hydrogens (tertiary/aromatic N) is 6. The van der Waals surface area contributed by atoms with Gasteiger partial charge in [-0.15, -0.1) is 21.5 Å². The number of rotatable bonds is 5. The first-order valence-electron chi connectivity index (χ1n) is 9.42. The highest BCUT2D eigenvalue weighted by Crippen LogP contribution is 2.32. The predicted octanol–water partition coefficient (Wildman–Crippen LogP) is 3.00. The molecule has 3 aromatic heterocycles. The van der Waals surface area contributed by atoms with Crippen molar-refractivity contribution in [1.29, 1.82) is 5.26 Å². The standard InChI is InChI=1S/C19H21N9S/c1-11-8-24-19(29-11)18-15(25-13-4-2-3-12(21)5-13)6-16(27-28-18)26-17-10-22-14(7-20)9-23-17/h6,8-10,12-13H,2-5,21H2,1H3,(H2,23,25,26,27). The van der Waals surface area contributed by atoms with Gasteiger partial charge in [0.1, 0.15) is 22.6 Å². The Morgan fingerprint density at radius 1 is 1.14 bits per heavy atom. The van der Waals surface area contributed by atoms with Crippen molar-refractivity contribution < 1.29 is 0 Å². The van der Waals surface area contributed by atoms with Crippen LogP contribution in [-0.4, -0.2) is 37.2 Å². The molecule has 4 rings (SSSR count). The minimum atomic E-state index is 0.216. The Kier molecular flexibility index (Phi) is 5.59. The van der Waals surface area contributed by atoms with Gasteiger partial charge in [-0.1, -0.05) is 0 Å². The van der Waals surface area contributed by atoms with Gasteiger partial charge in [0, 0.05) is 29.2 Å². The molecule has 2 atom stereocenters. The largest absolute Gasteiger partial charge is 0.380 e. The van der Waals surface area contributed by atoms with Crippen molar-refractivity contribution >= 4 is 28.7 Å². The molecule has 4 N–H and O–H groups in total. The number of nitriles is 1. The molecule has 9 nitrogen and oxygen atoms in total. The molecular weight excluding hydrogens is 386 g/mol. The van der Waals surface area contributed by atoms with E-state index in [1.54, 1.807) is 11.3 Å². The molecule has 0 aromatic carbocycles. The smallest absolute Gasteiger partial charge is 0.158 e. The van der Waals surface area contributed by atoms with Gasteiger partial charge in [-0.05, 0) is 32.6 Å². The van der Waals surface area contributed by atoms with Crippen molar-refractivity contribution in [3.05, 3.63) is 35.2 Å². The topological polar surface area (TPSA) is 138 Å². The van der Waals surface area contributed by atoms with Crippen LogP contribution in [0.2, 0.25) is 0 Å². The highest BCUT2D eigenvalue weighted by molar-refractivity contribution is 7.14. The first-order valence-corrected chi connectivity index (χ1v) is 10.2. The Balaban J connectivity index is 1.62. The molecule has 3 heterocycles. The van der Waals surface area contributed by atoms with Crippen molar-refractivity contribution in [2.45, 2.75) is 44.7 Å². The summed E-state index contributed by atoms with van der Waals surface area (Å²) in [5.74, 6) is 1.02. The van der Waals surface area contributed by atoms with Gasteiger partial charge in [-0.3, -0.25) is 0 Å². The summed E-state index contributed by atoms with van der Waals surface area (Å²) < 4.78 is 0. The molecule has 0 spiro atoms. The van der Waals surface area contributed by atoms with Gasteiger partial charge >= 0.3 is 0 Å². The number of anilines is 3. The van der Waals surface area contributed by atoms with Gasteiger partial charge in [0.05, 0.1) is 18.1 Å². The fraction of sp³-hybridized carbons (Fsp3) is 0.368. The first kappa shape index (κ1) is 19.2. The maximum Gasteiger partial charge on any atom is 0.158 e. The molecule has 3 aromatic rings. The van der Waals surface area contributed by atoms with Crippen LogP contribution in [0.1, 0.15) is 36.3 Å². The third-order valence-electron chi connectivity index (χ3n) is 4.71. The fourth-order valence-corrected chi connectivity index (χ4v) is 4.11. The molecule has 1 aliphatic rings. The van der Waals surface area contributed by atoms with E-state index in [1.165, 1.54) is 12.4 Å². The summed E-state index contributed by atoms with van der Waals surface area (Å²) in [5, 5.41) is 25.1. The van der Waals surface area contributed by atoms with Crippen molar-refractivity contribution in [2.75, 3.05) is 10.6 Å². The third kappa shape index (κ3) is 4.64. The summed E-state index contributed by atoms with van der Waals surface area (Å²) in [7, 11) is 0. The van der Waals surface area contributed by atoms with Crippen LogP contribution in [0.5, 0.6) is 0 Å². The number of aryl methyl sites for hydroxylation is 1. The highest BCUT2D eigenvalue weighted by Gasteiger charge is 2.22. The molecule has 0 saturated heterocycles. The second-order valence-corrected chi connectivity index (χ2v) is 8.29. The van der Waals surface area contributed by atoms with E-state index in [0.717, 1.165) is 46.9 Å². The van der Waals surface area contributed by atoms with Crippen molar-refractivity contribution in [1.82, 2.24) is 25.1 Å². The molecule has 0 aliphatic heterocycles. The highest BCUT2D eigenvalue weighted by atomic mass is 32.1. The zero-order valence-corrected chi connectivity index (χ0v) is 16.8. The summed E-state index contributed by atoms with van der Waals surface area (Å²) in [6.07, 6.45) is 8.89. The molecule has 10 heteroatoms. The van der Waals surface area contributed by atoms with Crippen LogP contribution in [0.3, 0.4) is 0 Å². The van der Waals surface area contributed by atoms with E-state index in [9.17, 15) is 0 Å². The lowest BCUT2D eigenvalue weighted by molar-refractivity contribution is 0.409. The maximum absolute atomic E-state index is 8.85. The summed E-state index contributed by atoms with van der Waals surface area (Å²) >= 11 is 1.58. The average Bonchev–Trinajstić information content (AvgIpc) is 3.15. The number of hydrogen-bond acceptors (Lipinski definition) is 10. The monoisotopic (exact) mass is 407 g/mol. The number of aromatic nitrogens is 5. The van der Waals surface area contributed by atoms with Crippen LogP contribution in [0, 0.1) is 18.3 Å². The van der Waals surface area contributed by atoms with Gasteiger partial charge in [0.15, 0.2) is 11.5 Å². The molecular formula is C19H21N9S. The van der Waals surface area contributed by atoms with Crippen LogP contribution in [0.4, 0.5) is 17.3 Å². The van der Waals surface area contributed by atoms with Crippen LogP contribution in [0.15, 0.2) is 24.7 Å². The average molecular weight is 408 g/mol. The lowest BCUT2D eigenvalue weighted by Gasteiger charge is -2.28. The molecule has 1 saturated carbocycles. The van der Waals surface area contributed by atoms with Gasteiger partial charge < -0.3 is 16.4 Å². The third-order valence-corrected chi connectivity index (χ3v) is 5.63. The fourth-order valence-electron chi connectivity index (χ4n) is 3.35. The zero-order chi connectivity index (χ0) is 20.2. The van der Waals surface area contributed by atoms with E-state index in [0.29, 0.717) is 11.6 Å². The molecule has 1 fully saturated rings. The van der Waals surface area contributed by atoms with E-state index < -0.39 is 0 Å². The van der Waals surface area contributed by atoms with E-state index in [4.69, 9.17) is 11.0 Å². The van der Waals surface area contributed by atoms with E-state index >= 15 is 0 Å². The minimum Gasteiger partial charge on any atom is -0.380 e. The second-order valence-electron chi connectivity index (χ2n) is 7.06. The summed E-state index contributed by atoms with van der Waals surface area (Å²) in [6.45, 7) is 2.02. The van der Waals surface area contributed by atoms with Crippen LogP contribution >= 0.6 is 11.3 Å². The van der Waals surface area contributed by atoms with Gasteiger partial charge in [0.25, 0.3) is 0 Å². The van der Waals surface area contributed by atoms with Crippen LogP contribution < -0.4 is 16.4 Å². The van der Waals surface area contributed by atoms with Crippen molar-refractivity contribution in [2.24, 2.45) is 5.73 Å². The maximum atomic E-state index is 8.85. The zero-order valence-electron chi connectivity index (χ0n) is 16.0. The molecule has 29 heavy (non-hydrogen) atoms. The van der Waals surface area contributed by atoms with Gasteiger partial charge in [-0.25, -0.2) is 15.0 Å². The lowest BCUT2D eigenvalue weighted by atomic mass is 9.91. The molecule has 0 radical (unpaired) electrons. The Morgan fingerprint density at radius 3 is 2.72 bits per heavy atom. The van der Waals surface area contributed by atoms with Crippen LogP contribution in [0.25, 0.3) is 10.7 Å². The van der Waals surface area contributed by atoms with E-state index in [1.807, 2.05) is 25.3 Å². The quantitative estimate of drug-likeness (QED) is 0.582. The predicted molar refractivity (Wildman–Crippen MR) is 112 cm³/mol. The molecule has 0 bridgehead atoms. The Morgan fingerprint density at radius 2 is 2.03 bits per heavy atom. The second kappa shape index (κ2) is 8.46. The lowest BCUT2D eigenvalue weighted by Crippen LogP contribution is -2.35.